The third-order valence-corrected chi connectivity index (χ3v) is 5.95. The summed E-state index contributed by atoms with van der Waals surface area (Å²) in [5, 5.41) is 3.42. The maximum atomic E-state index is 13.6. The van der Waals surface area contributed by atoms with Gasteiger partial charge in [0, 0.05) is 21.8 Å². The van der Waals surface area contributed by atoms with E-state index in [0.717, 1.165) is 5.56 Å². The third-order valence-electron chi connectivity index (χ3n) is 5.71. The molecule has 1 aliphatic heterocycles. The summed E-state index contributed by atoms with van der Waals surface area (Å²) >= 11 is 6.21. The van der Waals surface area contributed by atoms with Gasteiger partial charge in [-0.1, -0.05) is 35.9 Å². The molecule has 1 heterocycles. The first-order valence-electron chi connectivity index (χ1n) is 10.9. The van der Waals surface area contributed by atoms with Gasteiger partial charge in [-0.2, -0.15) is 0 Å². The average Bonchev–Trinajstić information content (AvgIpc) is 3.05. The maximum Gasteiger partial charge on any atom is 0.259 e. The molecule has 7 heteroatoms. The Balaban J connectivity index is 1.40. The fourth-order valence-corrected chi connectivity index (χ4v) is 4.17. The van der Waals surface area contributed by atoms with Crippen molar-refractivity contribution in [2.24, 2.45) is 0 Å². The molecular weight excluding hydrogens is 464 g/mol. The van der Waals surface area contributed by atoms with Gasteiger partial charge in [0.25, 0.3) is 11.8 Å². The van der Waals surface area contributed by atoms with Crippen LogP contribution in [0.25, 0.3) is 0 Å². The van der Waals surface area contributed by atoms with Crippen molar-refractivity contribution in [3.05, 3.63) is 113 Å². The predicted molar refractivity (Wildman–Crippen MR) is 136 cm³/mol. The lowest BCUT2D eigenvalue weighted by Gasteiger charge is -2.22. The van der Waals surface area contributed by atoms with Crippen molar-refractivity contribution in [3.63, 3.8) is 0 Å². The number of halogens is 1. The number of anilines is 2. The number of fused-ring (bicyclic) bond motifs is 2. The monoisotopic (exact) mass is 484 g/mol. The molecule has 6 nitrogen and oxygen atoms in total. The summed E-state index contributed by atoms with van der Waals surface area (Å²) in [6.07, 6.45) is 0. The molecule has 0 atom stereocenters. The molecule has 0 aliphatic carbocycles. The first-order valence-corrected chi connectivity index (χ1v) is 11.3. The van der Waals surface area contributed by atoms with Crippen molar-refractivity contribution in [2.75, 3.05) is 17.3 Å². The zero-order valence-electron chi connectivity index (χ0n) is 18.8. The molecule has 0 saturated carbocycles. The van der Waals surface area contributed by atoms with E-state index in [1.807, 2.05) is 30.3 Å². The minimum atomic E-state index is -0.298. The van der Waals surface area contributed by atoms with Gasteiger partial charge in [0.05, 0.1) is 24.9 Å². The summed E-state index contributed by atoms with van der Waals surface area (Å²) in [7, 11) is 1.52. The van der Waals surface area contributed by atoms with Crippen molar-refractivity contribution < 1.29 is 19.1 Å². The van der Waals surface area contributed by atoms with Gasteiger partial charge in [-0.25, -0.2) is 0 Å². The van der Waals surface area contributed by atoms with Gasteiger partial charge in [0.15, 0.2) is 5.75 Å². The van der Waals surface area contributed by atoms with E-state index < -0.39 is 0 Å². The van der Waals surface area contributed by atoms with Crippen LogP contribution in [0.1, 0.15) is 26.3 Å². The van der Waals surface area contributed by atoms with Crippen LogP contribution in [0.3, 0.4) is 0 Å². The Bertz CT molecular complexity index is 1420. The molecule has 0 radical (unpaired) electrons. The normalized spacial score (nSPS) is 12.0. The Hall–Kier alpha value is -4.29. The molecule has 0 unspecified atom stereocenters. The first-order chi connectivity index (χ1) is 17.0. The fraction of sp³-hybridized carbons (Fsp3) is 0.0714. The number of nitrogens with one attached hydrogen (secondary N) is 1. The number of methoxy groups -OCH3 is 1. The van der Waals surface area contributed by atoms with E-state index in [1.165, 1.54) is 7.11 Å². The second-order valence-electron chi connectivity index (χ2n) is 7.94. The third kappa shape index (κ3) is 4.56. The number of hydrogen-bond donors (Lipinski definition) is 1. The molecule has 0 fully saturated rings. The number of carbonyl (C=O) groups is 2. The van der Waals surface area contributed by atoms with E-state index in [9.17, 15) is 9.59 Å². The van der Waals surface area contributed by atoms with E-state index in [-0.39, 0.29) is 11.8 Å². The number of amides is 2. The number of carbonyl (C=O) groups excluding carboxylic acids is 2. The number of rotatable bonds is 4. The molecule has 4 aromatic rings. The van der Waals surface area contributed by atoms with Gasteiger partial charge in [-0.15, -0.1) is 0 Å². The van der Waals surface area contributed by atoms with Gasteiger partial charge in [-0.05, 0) is 66.7 Å². The van der Waals surface area contributed by atoms with Crippen molar-refractivity contribution >= 4 is 34.8 Å². The quantitative estimate of drug-likeness (QED) is 0.356. The zero-order valence-corrected chi connectivity index (χ0v) is 19.6. The van der Waals surface area contributed by atoms with Crippen LogP contribution in [0.2, 0.25) is 5.02 Å². The Labute approximate surface area is 207 Å². The molecule has 174 valence electrons. The smallest absolute Gasteiger partial charge is 0.259 e. The average molecular weight is 485 g/mol. The second kappa shape index (κ2) is 9.52. The molecule has 0 spiro atoms. The van der Waals surface area contributed by atoms with Crippen LogP contribution in [0, 0.1) is 0 Å². The highest BCUT2D eigenvalue weighted by atomic mass is 35.5. The lowest BCUT2D eigenvalue weighted by molar-refractivity contribution is 0.0984. The van der Waals surface area contributed by atoms with Crippen LogP contribution in [-0.4, -0.2) is 18.9 Å². The lowest BCUT2D eigenvalue weighted by atomic mass is 10.1. The van der Waals surface area contributed by atoms with Crippen LogP contribution in [-0.2, 0) is 6.54 Å². The Morgan fingerprint density at radius 2 is 1.66 bits per heavy atom. The molecule has 1 N–H and O–H groups in total. The van der Waals surface area contributed by atoms with Gasteiger partial charge >= 0.3 is 0 Å². The van der Waals surface area contributed by atoms with E-state index in [1.54, 1.807) is 65.6 Å². The molecule has 0 saturated heterocycles. The molecule has 0 aromatic heterocycles. The highest BCUT2D eigenvalue weighted by molar-refractivity contribution is 6.30. The lowest BCUT2D eigenvalue weighted by Crippen LogP contribution is -2.29. The molecule has 0 bridgehead atoms. The summed E-state index contributed by atoms with van der Waals surface area (Å²) in [5.74, 6) is 1.23. The summed E-state index contributed by atoms with van der Waals surface area (Å²) in [4.78, 5) is 27.9. The van der Waals surface area contributed by atoms with Crippen molar-refractivity contribution in [1.29, 1.82) is 0 Å². The highest BCUT2D eigenvalue weighted by Crippen LogP contribution is 2.40. The van der Waals surface area contributed by atoms with E-state index >= 15 is 0 Å². The SMILES string of the molecule is COc1ccccc1C(=O)Nc1ccc(C(=O)N2Cc3cc(Cl)ccc3Oc3ccccc32)cc1. The first kappa shape index (κ1) is 22.5. The Kier molecular flexibility index (Phi) is 6.12. The molecular formula is C28H21ClN2O4. The summed E-state index contributed by atoms with van der Waals surface area (Å²) in [6, 6.07) is 26.5. The zero-order chi connectivity index (χ0) is 24.4. The molecule has 35 heavy (non-hydrogen) atoms. The van der Waals surface area contributed by atoms with Gasteiger partial charge in [-0.3, -0.25) is 9.59 Å². The van der Waals surface area contributed by atoms with Crippen LogP contribution < -0.4 is 19.7 Å². The largest absolute Gasteiger partial charge is 0.496 e. The Morgan fingerprint density at radius 3 is 2.46 bits per heavy atom. The minimum Gasteiger partial charge on any atom is -0.496 e. The summed E-state index contributed by atoms with van der Waals surface area (Å²) < 4.78 is 11.4. The van der Waals surface area contributed by atoms with Crippen molar-refractivity contribution in [1.82, 2.24) is 0 Å². The van der Waals surface area contributed by atoms with E-state index in [2.05, 4.69) is 5.32 Å². The number of para-hydroxylation sites is 3. The summed E-state index contributed by atoms with van der Waals surface area (Å²) in [5.41, 5.74) is 2.93. The number of nitrogens with zero attached hydrogens (tertiary/aromatic N) is 1. The summed E-state index contributed by atoms with van der Waals surface area (Å²) in [6.45, 7) is 0.304. The topological polar surface area (TPSA) is 67.9 Å². The van der Waals surface area contributed by atoms with E-state index in [0.29, 0.717) is 51.3 Å². The Morgan fingerprint density at radius 1 is 0.914 bits per heavy atom. The number of hydrogen-bond acceptors (Lipinski definition) is 4. The fourth-order valence-electron chi connectivity index (χ4n) is 3.98. The molecule has 4 aromatic carbocycles. The van der Waals surface area contributed by atoms with Crippen LogP contribution in [0.5, 0.6) is 17.2 Å². The maximum absolute atomic E-state index is 13.6. The van der Waals surface area contributed by atoms with Gasteiger partial charge in [0.2, 0.25) is 0 Å². The standard InChI is InChI=1S/C28H21ClN2O4/c1-34-25-8-4-2-6-22(25)27(32)30-21-13-10-18(11-14-21)28(33)31-17-19-16-20(29)12-15-24(19)35-26-9-5-3-7-23(26)31/h2-16H,17H2,1H3,(H,30,32). The van der Waals surface area contributed by atoms with Crippen molar-refractivity contribution in [2.45, 2.75) is 6.54 Å². The van der Waals surface area contributed by atoms with Crippen LogP contribution >= 0.6 is 11.6 Å². The minimum absolute atomic E-state index is 0.198. The number of benzene rings is 4. The molecule has 2 amide bonds. The molecule has 1 aliphatic rings. The van der Waals surface area contributed by atoms with Crippen LogP contribution in [0.4, 0.5) is 11.4 Å². The second-order valence-corrected chi connectivity index (χ2v) is 8.38. The van der Waals surface area contributed by atoms with Gasteiger partial charge in [0.1, 0.15) is 11.5 Å². The van der Waals surface area contributed by atoms with Gasteiger partial charge < -0.3 is 19.7 Å². The highest BCUT2D eigenvalue weighted by Gasteiger charge is 2.26. The number of ether oxygens (including phenoxy) is 2. The van der Waals surface area contributed by atoms with E-state index in [4.69, 9.17) is 21.1 Å². The van der Waals surface area contributed by atoms with Crippen molar-refractivity contribution in [3.8, 4) is 17.2 Å². The predicted octanol–water partition coefficient (Wildman–Crippen LogP) is 6.55. The van der Waals surface area contributed by atoms with Crippen LogP contribution in [0.15, 0.2) is 91.0 Å². The molecule has 5 rings (SSSR count).